The molecule has 0 bridgehead atoms. The zero-order valence-corrected chi connectivity index (χ0v) is 18.5. The second-order valence-electron chi connectivity index (χ2n) is 7.12. The molecule has 0 saturated heterocycles. The molecule has 0 aliphatic carbocycles. The van der Waals surface area contributed by atoms with Crippen molar-refractivity contribution >= 4 is 42.3 Å². The Labute approximate surface area is 195 Å². The molecule has 0 fully saturated rings. The van der Waals surface area contributed by atoms with Crippen molar-refractivity contribution in [1.82, 2.24) is 16.0 Å². The Kier molecular flexibility index (Phi) is 11.9. The van der Waals surface area contributed by atoms with Crippen LogP contribution >= 0.6 is 12.6 Å². The van der Waals surface area contributed by atoms with Gasteiger partial charge in [-0.05, 0) is 18.4 Å². The van der Waals surface area contributed by atoms with Crippen LogP contribution in [0.5, 0.6) is 0 Å². The molecule has 1 aromatic carbocycles. The number of hydrogen-bond acceptors (Lipinski definition) is 8. The lowest BCUT2D eigenvalue weighted by Gasteiger charge is -2.24. The number of amides is 3. The number of carbonyl (C=O) groups is 5. The first-order valence-electron chi connectivity index (χ1n) is 9.96. The number of nitrogens with two attached hydrogens (primary N) is 1. The van der Waals surface area contributed by atoms with Crippen molar-refractivity contribution in [3.05, 3.63) is 35.9 Å². The van der Waals surface area contributed by atoms with E-state index in [1.807, 2.05) is 0 Å². The van der Waals surface area contributed by atoms with E-state index in [1.54, 1.807) is 30.3 Å². The Bertz CT molecular complexity index is 839. The van der Waals surface area contributed by atoms with Crippen molar-refractivity contribution in [1.29, 1.82) is 0 Å². The highest BCUT2D eigenvalue weighted by molar-refractivity contribution is 7.80. The van der Waals surface area contributed by atoms with Crippen LogP contribution in [-0.2, 0) is 30.4 Å². The number of aliphatic hydroxyl groups is 1. The molecule has 0 aromatic heterocycles. The average molecular weight is 485 g/mol. The molecule has 182 valence electrons. The number of thiol groups is 1. The summed E-state index contributed by atoms with van der Waals surface area (Å²) in [7, 11) is 0. The molecular weight excluding hydrogens is 456 g/mol. The normalized spacial score (nSPS) is 14.3. The second-order valence-corrected chi connectivity index (χ2v) is 7.48. The first-order valence-corrected chi connectivity index (χ1v) is 10.6. The maximum absolute atomic E-state index is 12.7. The maximum atomic E-state index is 12.7. The quantitative estimate of drug-likeness (QED) is 0.136. The highest BCUT2D eigenvalue weighted by Crippen LogP contribution is 2.04. The van der Waals surface area contributed by atoms with E-state index in [1.165, 1.54) is 0 Å². The number of carbonyl (C=O) groups excluding carboxylic acids is 3. The molecule has 4 unspecified atom stereocenters. The van der Waals surface area contributed by atoms with Crippen LogP contribution in [0.15, 0.2) is 30.3 Å². The fourth-order valence-corrected chi connectivity index (χ4v) is 2.95. The number of carboxylic acid groups (broad SMARTS) is 2. The molecule has 1 aromatic rings. The van der Waals surface area contributed by atoms with Crippen LogP contribution in [0, 0.1) is 0 Å². The van der Waals surface area contributed by atoms with E-state index >= 15 is 0 Å². The van der Waals surface area contributed by atoms with Gasteiger partial charge >= 0.3 is 11.9 Å². The van der Waals surface area contributed by atoms with Crippen LogP contribution in [-0.4, -0.2) is 81.5 Å². The monoisotopic (exact) mass is 484 g/mol. The van der Waals surface area contributed by atoms with Crippen LogP contribution in [0.2, 0.25) is 0 Å². The Morgan fingerprint density at radius 1 is 0.879 bits per heavy atom. The molecule has 0 aliphatic heterocycles. The van der Waals surface area contributed by atoms with E-state index < -0.39 is 66.9 Å². The Balaban J connectivity index is 2.85. The van der Waals surface area contributed by atoms with E-state index in [0.29, 0.717) is 0 Å². The third-order valence-electron chi connectivity index (χ3n) is 4.53. The van der Waals surface area contributed by atoms with Gasteiger partial charge in [0, 0.05) is 12.2 Å². The van der Waals surface area contributed by atoms with Gasteiger partial charge in [0.2, 0.25) is 17.7 Å². The largest absolute Gasteiger partial charge is 0.481 e. The van der Waals surface area contributed by atoms with E-state index in [0.717, 1.165) is 5.56 Å². The molecule has 0 radical (unpaired) electrons. The minimum atomic E-state index is -1.54. The van der Waals surface area contributed by atoms with E-state index in [-0.39, 0.29) is 18.6 Å². The number of rotatable bonds is 14. The fraction of sp³-hybridized carbons (Fsp3) is 0.450. The first-order chi connectivity index (χ1) is 15.6. The van der Waals surface area contributed by atoms with Crippen molar-refractivity contribution in [2.75, 3.05) is 12.4 Å². The summed E-state index contributed by atoms with van der Waals surface area (Å²) in [5.41, 5.74) is 6.68. The standard InChI is InChI=1S/C20H28N4O8S/c21-12(8-11-4-2-1-3-5-11)17(28)22-13(6-7-16(26)27)18(29)23-14(9-25)19(30)24-15(10-33)20(31)32/h1-5,12-15,25,33H,6-10,21H2,(H,22,28)(H,23,29)(H,24,30)(H,26,27)(H,31,32). The van der Waals surface area contributed by atoms with Gasteiger partial charge in [0.15, 0.2) is 0 Å². The molecule has 0 spiro atoms. The smallest absolute Gasteiger partial charge is 0.327 e. The van der Waals surface area contributed by atoms with Gasteiger partial charge in [-0.25, -0.2) is 4.79 Å². The molecule has 4 atom stereocenters. The highest BCUT2D eigenvalue weighted by Gasteiger charge is 2.30. The summed E-state index contributed by atoms with van der Waals surface area (Å²) in [5, 5.41) is 34.1. The minimum absolute atomic E-state index is 0.169. The van der Waals surface area contributed by atoms with Gasteiger partial charge in [-0.15, -0.1) is 0 Å². The lowest BCUT2D eigenvalue weighted by molar-refractivity contribution is -0.142. The summed E-state index contributed by atoms with van der Waals surface area (Å²) in [6.07, 6.45) is -0.607. The van der Waals surface area contributed by atoms with Crippen molar-refractivity contribution < 1.29 is 39.3 Å². The summed E-state index contributed by atoms with van der Waals surface area (Å²) in [4.78, 5) is 59.4. The minimum Gasteiger partial charge on any atom is -0.481 e. The van der Waals surface area contributed by atoms with Crippen LogP contribution in [0.1, 0.15) is 18.4 Å². The predicted octanol–water partition coefficient (Wildman–Crippen LogP) is -2.12. The number of benzene rings is 1. The molecule has 1 rings (SSSR count). The predicted molar refractivity (Wildman–Crippen MR) is 119 cm³/mol. The molecule has 33 heavy (non-hydrogen) atoms. The van der Waals surface area contributed by atoms with Crippen molar-refractivity contribution in [3.8, 4) is 0 Å². The van der Waals surface area contributed by atoms with E-state index in [9.17, 15) is 29.1 Å². The third-order valence-corrected chi connectivity index (χ3v) is 4.89. The number of hydrogen-bond donors (Lipinski definition) is 8. The van der Waals surface area contributed by atoms with E-state index in [4.69, 9.17) is 15.9 Å². The zero-order valence-electron chi connectivity index (χ0n) is 17.6. The molecular formula is C20H28N4O8S. The average Bonchev–Trinajstić information content (AvgIpc) is 2.78. The highest BCUT2D eigenvalue weighted by atomic mass is 32.1. The molecule has 0 heterocycles. The van der Waals surface area contributed by atoms with Crippen molar-refractivity contribution in [2.45, 2.75) is 43.4 Å². The topological polar surface area (TPSA) is 208 Å². The summed E-state index contributed by atoms with van der Waals surface area (Å²) in [6, 6.07) is 3.57. The molecule has 0 saturated carbocycles. The third kappa shape index (κ3) is 9.89. The SMILES string of the molecule is NC(Cc1ccccc1)C(=O)NC(CCC(=O)O)C(=O)NC(CO)C(=O)NC(CS)C(=O)O. The van der Waals surface area contributed by atoms with Crippen LogP contribution in [0.3, 0.4) is 0 Å². The molecule has 3 amide bonds. The summed E-state index contributed by atoms with van der Waals surface area (Å²) in [6.45, 7) is -0.871. The first kappa shape index (κ1) is 27.9. The number of aliphatic hydroxyl groups excluding tert-OH is 1. The second kappa shape index (κ2) is 14.1. The van der Waals surface area contributed by atoms with Crippen LogP contribution < -0.4 is 21.7 Å². The van der Waals surface area contributed by atoms with Gasteiger partial charge in [0.25, 0.3) is 0 Å². The van der Waals surface area contributed by atoms with Crippen molar-refractivity contribution in [3.63, 3.8) is 0 Å². The number of carboxylic acids is 2. The van der Waals surface area contributed by atoms with Crippen LogP contribution in [0.25, 0.3) is 0 Å². The number of aliphatic carboxylic acids is 2. The summed E-state index contributed by atoms with van der Waals surface area (Å²) < 4.78 is 0. The van der Waals surface area contributed by atoms with Crippen LogP contribution in [0.4, 0.5) is 0 Å². The van der Waals surface area contributed by atoms with Gasteiger partial charge in [-0.3, -0.25) is 19.2 Å². The lowest BCUT2D eigenvalue weighted by Crippen LogP contribution is -2.58. The molecule has 13 heteroatoms. The Hall–Kier alpha value is -3.16. The fourth-order valence-electron chi connectivity index (χ4n) is 2.70. The summed E-state index contributed by atoms with van der Waals surface area (Å²) >= 11 is 3.81. The van der Waals surface area contributed by atoms with Gasteiger partial charge in [-0.2, -0.15) is 12.6 Å². The zero-order chi connectivity index (χ0) is 25.0. The summed E-state index contributed by atoms with van der Waals surface area (Å²) in [5.74, 6) is -5.45. The van der Waals surface area contributed by atoms with Gasteiger partial charge in [-0.1, -0.05) is 30.3 Å². The Morgan fingerprint density at radius 3 is 1.94 bits per heavy atom. The maximum Gasteiger partial charge on any atom is 0.327 e. The van der Waals surface area contributed by atoms with Crippen molar-refractivity contribution in [2.24, 2.45) is 5.73 Å². The lowest BCUT2D eigenvalue weighted by atomic mass is 10.0. The van der Waals surface area contributed by atoms with Gasteiger partial charge in [0.05, 0.1) is 12.6 Å². The molecule has 12 nitrogen and oxygen atoms in total. The molecule has 0 aliphatic rings. The van der Waals surface area contributed by atoms with Gasteiger partial charge < -0.3 is 37.0 Å². The van der Waals surface area contributed by atoms with E-state index in [2.05, 4.69) is 28.6 Å². The number of nitrogens with one attached hydrogen (secondary N) is 3. The molecule has 8 N–H and O–H groups in total. The Morgan fingerprint density at radius 2 is 1.42 bits per heavy atom. The van der Waals surface area contributed by atoms with Gasteiger partial charge in [0.1, 0.15) is 18.1 Å².